The predicted octanol–water partition coefficient (Wildman–Crippen LogP) is 2.40. The quantitative estimate of drug-likeness (QED) is 0.714. The smallest absolute Gasteiger partial charge is 0.160 e. The van der Waals surface area contributed by atoms with Crippen LogP contribution in [-0.4, -0.2) is 42.5 Å². The number of aromatic nitrogens is 5. The molecule has 3 aromatic rings. The summed E-state index contributed by atoms with van der Waals surface area (Å²) in [5.41, 5.74) is 5.03. The molecular weight excluding hydrogens is 320 g/mol. The van der Waals surface area contributed by atoms with Gasteiger partial charge in [-0.15, -0.1) is 11.3 Å². The van der Waals surface area contributed by atoms with Gasteiger partial charge in [-0.3, -0.25) is 9.88 Å². The second-order valence-electron chi connectivity index (χ2n) is 6.29. The van der Waals surface area contributed by atoms with Crippen LogP contribution in [0.5, 0.6) is 0 Å². The molecule has 1 aliphatic rings. The Hall–Kier alpha value is -2.12. The van der Waals surface area contributed by atoms with Gasteiger partial charge in [0.2, 0.25) is 0 Å². The minimum atomic E-state index is 0.611. The minimum absolute atomic E-state index is 0.611. The highest BCUT2D eigenvalue weighted by atomic mass is 32.1. The van der Waals surface area contributed by atoms with Crippen LogP contribution < -0.4 is 0 Å². The van der Waals surface area contributed by atoms with E-state index in [9.17, 15) is 0 Å². The Morgan fingerprint density at radius 2 is 2.08 bits per heavy atom. The van der Waals surface area contributed by atoms with E-state index in [1.165, 1.54) is 12.1 Å². The molecule has 0 N–H and O–H groups in total. The molecule has 6 nitrogen and oxygen atoms in total. The number of hydrogen-bond acceptors (Lipinski definition) is 6. The van der Waals surface area contributed by atoms with E-state index in [1.54, 1.807) is 29.9 Å². The first-order valence-corrected chi connectivity index (χ1v) is 9.11. The van der Waals surface area contributed by atoms with E-state index in [4.69, 9.17) is 0 Å². The van der Waals surface area contributed by atoms with Crippen molar-refractivity contribution in [1.29, 1.82) is 0 Å². The third-order valence-electron chi connectivity index (χ3n) is 4.53. The van der Waals surface area contributed by atoms with Gasteiger partial charge >= 0.3 is 0 Å². The zero-order chi connectivity index (χ0) is 16.4. The molecule has 7 heteroatoms. The minimum Gasteiger partial charge on any atom is -0.333 e. The number of likely N-dealkylation sites (tertiary alicyclic amines) is 1. The van der Waals surface area contributed by atoms with Crippen molar-refractivity contribution in [2.75, 3.05) is 13.1 Å². The molecule has 0 aromatic carbocycles. The maximum atomic E-state index is 4.59. The molecule has 0 radical (unpaired) electrons. The molecule has 124 valence electrons. The highest BCUT2D eigenvalue weighted by Crippen LogP contribution is 2.25. The molecule has 0 aliphatic carbocycles. The van der Waals surface area contributed by atoms with E-state index in [1.807, 2.05) is 23.3 Å². The lowest BCUT2D eigenvalue weighted by Gasteiger charge is -2.15. The second-order valence-corrected chi connectivity index (χ2v) is 7.01. The summed E-state index contributed by atoms with van der Waals surface area (Å²) in [6, 6.07) is 0. The third-order valence-corrected chi connectivity index (χ3v) is 5.16. The number of hydrogen-bond donors (Lipinski definition) is 0. The largest absolute Gasteiger partial charge is 0.333 e. The fourth-order valence-electron chi connectivity index (χ4n) is 3.34. The topological polar surface area (TPSA) is 59.7 Å². The van der Waals surface area contributed by atoms with Gasteiger partial charge in [0, 0.05) is 50.3 Å². The van der Waals surface area contributed by atoms with E-state index in [2.05, 4.69) is 30.2 Å². The molecule has 1 fully saturated rings. The summed E-state index contributed by atoms with van der Waals surface area (Å²) in [6.45, 7) is 3.17. The normalized spacial score (nSPS) is 18.3. The average Bonchev–Trinajstić information content (AvgIpc) is 3.32. The molecular formula is C17H20N6S. The summed E-state index contributed by atoms with van der Waals surface area (Å²) in [4.78, 5) is 20.4. The van der Waals surface area contributed by atoms with Crippen molar-refractivity contribution < 1.29 is 0 Å². The van der Waals surface area contributed by atoms with Crippen LogP contribution in [0.1, 0.15) is 17.8 Å². The Balaban J connectivity index is 1.46. The van der Waals surface area contributed by atoms with Crippen molar-refractivity contribution in [3.63, 3.8) is 0 Å². The van der Waals surface area contributed by atoms with Crippen molar-refractivity contribution in [3.05, 3.63) is 47.1 Å². The zero-order valence-electron chi connectivity index (χ0n) is 13.7. The molecule has 0 bridgehead atoms. The predicted molar refractivity (Wildman–Crippen MR) is 93.4 cm³/mol. The van der Waals surface area contributed by atoms with Crippen LogP contribution in [0.3, 0.4) is 0 Å². The molecule has 3 aromatic heterocycles. The summed E-state index contributed by atoms with van der Waals surface area (Å²) < 4.78 is 2.00. The van der Waals surface area contributed by atoms with E-state index < -0.39 is 0 Å². The van der Waals surface area contributed by atoms with Crippen LogP contribution in [0, 0.1) is 5.92 Å². The van der Waals surface area contributed by atoms with Gasteiger partial charge in [0.25, 0.3) is 0 Å². The maximum Gasteiger partial charge on any atom is 0.160 e. The van der Waals surface area contributed by atoms with Gasteiger partial charge in [0.15, 0.2) is 5.82 Å². The molecule has 1 saturated heterocycles. The van der Waals surface area contributed by atoms with Gasteiger partial charge < -0.3 is 4.57 Å². The SMILES string of the molecule is Cn1ccnc1-c1nccnc1C[C@@H]1CCN(Cc2cscn2)C1. The van der Waals surface area contributed by atoms with E-state index in [0.29, 0.717) is 5.92 Å². The van der Waals surface area contributed by atoms with E-state index >= 15 is 0 Å². The number of rotatable bonds is 5. The average molecular weight is 340 g/mol. The van der Waals surface area contributed by atoms with Crippen LogP contribution >= 0.6 is 11.3 Å². The molecule has 1 aliphatic heterocycles. The van der Waals surface area contributed by atoms with Crippen LogP contribution in [-0.2, 0) is 20.0 Å². The Bertz CT molecular complexity index is 797. The van der Waals surface area contributed by atoms with Crippen molar-refractivity contribution in [2.24, 2.45) is 13.0 Å². The first kappa shape index (κ1) is 15.4. The highest BCUT2D eigenvalue weighted by molar-refractivity contribution is 7.07. The molecule has 4 heterocycles. The molecule has 4 rings (SSSR count). The van der Waals surface area contributed by atoms with Gasteiger partial charge in [-0.1, -0.05) is 0 Å². The zero-order valence-corrected chi connectivity index (χ0v) is 14.5. The number of imidazole rings is 1. The summed E-state index contributed by atoms with van der Waals surface area (Å²) in [7, 11) is 1.99. The Labute approximate surface area is 145 Å². The van der Waals surface area contributed by atoms with Gasteiger partial charge in [-0.25, -0.2) is 15.0 Å². The lowest BCUT2D eigenvalue weighted by molar-refractivity contribution is 0.313. The van der Waals surface area contributed by atoms with Crippen LogP contribution in [0.25, 0.3) is 11.5 Å². The number of thiazole rings is 1. The van der Waals surface area contributed by atoms with Gasteiger partial charge in [0.05, 0.1) is 16.9 Å². The number of aryl methyl sites for hydroxylation is 1. The summed E-state index contributed by atoms with van der Waals surface area (Å²) in [5.74, 6) is 1.50. The monoisotopic (exact) mass is 340 g/mol. The molecule has 0 unspecified atom stereocenters. The first-order chi connectivity index (χ1) is 11.8. The van der Waals surface area contributed by atoms with Crippen molar-refractivity contribution in [2.45, 2.75) is 19.4 Å². The second kappa shape index (κ2) is 6.78. The summed E-state index contributed by atoms with van der Waals surface area (Å²) >= 11 is 1.66. The van der Waals surface area contributed by atoms with E-state index in [-0.39, 0.29) is 0 Å². The van der Waals surface area contributed by atoms with Gasteiger partial charge in [-0.2, -0.15) is 0 Å². The summed E-state index contributed by atoms with van der Waals surface area (Å²) in [6.07, 6.45) is 9.42. The molecule has 1 atom stereocenters. The van der Waals surface area contributed by atoms with Crippen molar-refractivity contribution in [1.82, 2.24) is 29.4 Å². The van der Waals surface area contributed by atoms with E-state index in [0.717, 1.165) is 43.3 Å². The molecule has 24 heavy (non-hydrogen) atoms. The lowest BCUT2D eigenvalue weighted by Crippen LogP contribution is -2.21. The maximum absolute atomic E-state index is 4.59. The molecule has 0 spiro atoms. The fourth-order valence-corrected chi connectivity index (χ4v) is 3.89. The third kappa shape index (κ3) is 3.22. The standard InChI is InChI=1S/C17H20N6S/c1-22-7-5-20-17(22)16-15(18-3-4-19-16)8-13-2-6-23(9-13)10-14-11-24-12-21-14/h3-5,7,11-13H,2,6,8-10H2,1H3/t13-/m0/s1. The highest BCUT2D eigenvalue weighted by Gasteiger charge is 2.25. The Morgan fingerprint density at radius 3 is 2.88 bits per heavy atom. The van der Waals surface area contributed by atoms with Crippen LogP contribution in [0.4, 0.5) is 0 Å². The van der Waals surface area contributed by atoms with Gasteiger partial charge in [0.1, 0.15) is 5.69 Å². The van der Waals surface area contributed by atoms with Crippen molar-refractivity contribution in [3.8, 4) is 11.5 Å². The fraction of sp³-hybridized carbons (Fsp3) is 0.412. The lowest BCUT2D eigenvalue weighted by atomic mass is 10.0. The van der Waals surface area contributed by atoms with Crippen molar-refractivity contribution >= 4 is 11.3 Å². The Morgan fingerprint density at radius 1 is 1.17 bits per heavy atom. The number of nitrogens with zero attached hydrogens (tertiary/aromatic N) is 6. The van der Waals surface area contributed by atoms with Crippen LogP contribution in [0.2, 0.25) is 0 Å². The van der Waals surface area contributed by atoms with Crippen LogP contribution in [0.15, 0.2) is 35.7 Å². The molecule has 0 amide bonds. The Kier molecular flexibility index (Phi) is 4.36. The summed E-state index contributed by atoms with van der Waals surface area (Å²) in [5, 5.41) is 2.13. The van der Waals surface area contributed by atoms with Gasteiger partial charge in [-0.05, 0) is 25.3 Å². The first-order valence-electron chi connectivity index (χ1n) is 8.16. The molecule has 0 saturated carbocycles.